The van der Waals surface area contributed by atoms with Crippen LogP contribution in [0, 0.1) is 35.5 Å². The maximum Gasteiger partial charge on any atom is 0.341 e. The Morgan fingerprint density at radius 2 is 1.70 bits per heavy atom. The van der Waals surface area contributed by atoms with Gasteiger partial charge in [0.15, 0.2) is 6.61 Å². The van der Waals surface area contributed by atoms with Crippen molar-refractivity contribution in [1.82, 2.24) is 5.01 Å². The van der Waals surface area contributed by atoms with Crippen molar-refractivity contribution in [2.24, 2.45) is 40.6 Å². The van der Waals surface area contributed by atoms with Gasteiger partial charge in [-0.3, -0.25) is 9.59 Å². The molecule has 2 bridgehead atoms. The average molecular weight is 366 g/mol. The van der Waals surface area contributed by atoms with Crippen LogP contribution in [-0.4, -0.2) is 40.7 Å². The Hall–Kier alpha value is -2.96. The zero-order chi connectivity index (χ0) is 18.7. The molecule has 1 aliphatic heterocycles. The van der Waals surface area contributed by atoms with Gasteiger partial charge >= 0.3 is 5.97 Å². The molecule has 0 aromatic heterocycles. The van der Waals surface area contributed by atoms with Crippen molar-refractivity contribution in [3.63, 3.8) is 0 Å². The highest BCUT2D eigenvalue weighted by molar-refractivity contribution is 6.06. The number of rotatable bonds is 5. The third kappa shape index (κ3) is 2.49. The Bertz CT molecular complexity index is 854. The van der Waals surface area contributed by atoms with Crippen molar-refractivity contribution < 1.29 is 24.2 Å². The van der Waals surface area contributed by atoms with Crippen LogP contribution in [0.5, 0.6) is 5.75 Å². The first-order chi connectivity index (χ1) is 13.0. The van der Waals surface area contributed by atoms with Crippen LogP contribution in [-0.2, 0) is 14.4 Å². The van der Waals surface area contributed by atoms with Gasteiger partial charge in [-0.2, -0.15) is 10.1 Å². The summed E-state index contributed by atoms with van der Waals surface area (Å²) in [4.78, 5) is 36.1. The summed E-state index contributed by atoms with van der Waals surface area (Å²) < 4.78 is 5.07. The Balaban J connectivity index is 1.31. The number of hydrazone groups is 1. The number of allylic oxidation sites excluding steroid dienone is 2. The molecule has 2 saturated carbocycles. The molecule has 0 spiro atoms. The summed E-state index contributed by atoms with van der Waals surface area (Å²) in [5, 5.41) is 13.8. The molecule has 7 heteroatoms. The largest absolute Gasteiger partial charge is 0.482 e. The third-order valence-electron chi connectivity index (χ3n) is 6.20. The van der Waals surface area contributed by atoms with Gasteiger partial charge in [0, 0.05) is 0 Å². The van der Waals surface area contributed by atoms with E-state index in [0.29, 0.717) is 23.1 Å². The van der Waals surface area contributed by atoms with Gasteiger partial charge in [0.1, 0.15) is 5.75 Å². The summed E-state index contributed by atoms with van der Waals surface area (Å²) in [5.74, 6) is 0.0188. The van der Waals surface area contributed by atoms with Crippen molar-refractivity contribution in [2.45, 2.75) is 6.42 Å². The number of hydrogen-bond donors (Lipinski definition) is 1. The second-order valence-electron chi connectivity index (χ2n) is 7.64. The average Bonchev–Trinajstić information content (AvgIpc) is 3.45. The van der Waals surface area contributed by atoms with E-state index < -0.39 is 12.6 Å². The van der Waals surface area contributed by atoms with E-state index in [1.165, 1.54) is 6.21 Å². The Labute approximate surface area is 155 Å². The molecule has 1 aromatic carbocycles. The minimum atomic E-state index is -1.05. The fourth-order valence-electron chi connectivity index (χ4n) is 4.97. The first kappa shape index (κ1) is 16.2. The van der Waals surface area contributed by atoms with Crippen LogP contribution in [0.3, 0.4) is 0 Å². The van der Waals surface area contributed by atoms with Crippen LogP contribution >= 0.6 is 0 Å². The normalized spacial score (nSPS) is 35.5. The first-order valence-electron chi connectivity index (χ1n) is 9.09. The van der Waals surface area contributed by atoms with Crippen molar-refractivity contribution in [2.75, 3.05) is 6.61 Å². The molecule has 3 fully saturated rings. The van der Waals surface area contributed by atoms with Gasteiger partial charge in [-0.25, -0.2) is 4.79 Å². The van der Waals surface area contributed by atoms with Crippen LogP contribution < -0.4 is 4.74 Å². The summed E-state index contributed by atoms with van der Waals surface area (Å²) in [7, 11) is 0. The molecule has 0 unspecified atom stereocenters. The van der Waals surface area contributed by atoms with Crippen LogP contribution in [0.15, 0.2) is 41.5 Å². The zero-order valence-electron chi connectivity index (χ0n) is 14.4. The van der Waals surface area contributed by atoms with Gasteiger partial charge in [0.25, 0.3) is 11.8 Å². The van der Waals surface area contributed by atoms with E-state index in [2.05, 4.69) is 17.3 Å². The molecule has 6 atom stereocenters. The molecule has 1 heterocycles. The number of carboxylic acid groups (broad SMARTS) is 1. The molecule has 7 nitrogen and oxygen atoms in total. The molecule has 5 aliphatic rings. The van der Waals surface area contributed by atoms with Gasteiger partial charge in [-0.05, 0) is 59.9 Å². The molecular weight excluding hydrogens is 348 g/mol. The smallest absolute Gasteiger partial charge is 0.341 e. The van der Waals surface area contributed by atoms with Gasteiger partial charge in [-0.1, -0.05) is 12.2 Å². The van der Waals surface area contributed by atoms with E-state index in [1.807, 2.05) is 0 Å². The quantitative estimate of drug-likeness (QED) is 0.484. The van der Waals surface area contributed by atoms with E-state index in [-0.39, 0.29) is 35.5 Å². The molecule has 6 rings (SSSR count). The Morgan fingerprint density at radius 3 is 2.26 bits per heavy atom. The second-order valence-corrected chi connectivity index (χ2v) is 7.64. The predicted octanol–water partition coefficient (Wildman–Crippen LogP) is 1.54. The van der Waals surface area contributed by atoms with E-state index >= 15 is 0 Å². The SMILES string of the molecule is O=C(O)COc1ccc(/C=N\N2C(=O)[C@H]3[C@@H]4C=C[C@@H]([C@H]5C[C@H]45)[C@@H]3C2=O)cc1. The summed E-state index contributed by atoms with van der Waals surface area (Å²) in [6, 6.07) is 6.63. The van der Waals surface area contributed by atoms with E-state index in [0.717, 1.165) is 11.4 Å². The fraction of sp³-hybridized carbons (Fsp3) is 0.400. The van der Waals surface area contributed by atoms with Crippen molar-refractivity contribution in [1.29, 1.82) is 0 Å². The van der Waals surface area contributed by atoms with Crippen LogP contribution in [0.25, 0.3) is 0 Å². The highest BCUT2D eigenvalue weighted by Gasteiger charge is 2.67. The maximum atomic E-state index is 12.8. The number of hydrogen-bond acceptors (Lipinski definition) is 5. The third-order valence-corrected chi connectivity index (χ3v) is 6.20. The number of benzene rings is 1. The van der Waals surface area contributed by atoms with Crippen molar-refractivity contribution >= 4 is 24.0 Å². The van der Waals surface area contributed by atoms with E-state index in [9.17, 15) is 14.4 Å². The van der Waals surface area contributed by atoms with E-state index in [4.69, 9.17) is 9.84 Å². The lowest BCUT2D eigenvalue weighted by atomic mass is 9.63. The number of imide groups is 1. The van der Waals surface area contributed by atoms with Crippen molar-refractivity contribution in [3.05, 3.63) is 42.0 Å². The highest BCUT2D eigenvalue weighted by Crippen LogP contribution is 2.65. The number of amides is 2. The van der Waals surface area contributed by atoms with Gasteiger partial charge in [0.2, 0.25) is 0 Å². The second kappa shape index (κ2) is 5.77. The lowest BCUT2D eigenvalue weighted by molar-refractivity contribution is -0.141. The topological polar surface area (TPSA) is 96.3 Å². The molecule has 1 aromatic rings. The summed E-state index contributed by atoms with van der Waals surface area (Å²) in [6.07, 6.45) is 6.88. The zero-order valence-corrected chi connectivity index (χ0v) is 14.4. The molecule has 138 valence electrons. The number of carboxylic acids is 1. The summed E-state index contributed by atoms with van der Waals surface area (Å²) in [6.45, 7) is -0.411. The van der Waals surface area contributed by atoms with Gasteiger partial charge in [-0.15, -0.1) is 0 Å². The standard InChI is InChI=1S/C20H18N2O5/c23-16(24)9-27-11-3-1-10(2-4-11)8-21-22-19(25)17-12-5-6-13(15-7-14(12)15)18(17)20(22)26/h1-6,8,12-15,17-18H,7,9H2,(H,23,24)/b21-8-/t12-,13+,14-,15-,17+,18+/m1/s1. The first-order valence-corrected chi connectivity index (χ1v) is 9.09. The molecule has 1 saturated heterocycles. The number of nitrogens with zero attached hydrogens (tertiary/aromatic N) is 2. The molecule has 1 N–H and O–H groups in total. The van der Waals surface area contributed by atoms with Crippen molar-refractivity contribution in [3.8, 4) is 5.75 Å². The molecule has 4 aliphatic carbocycles. The van der Waals surface area contributed by atoms with Crippen LogP contribution in [0.1, 0.15) is 12.0 Å². The monoisotopic (exact) mass is 366 g/mol. The number of ether oxygens (including phenoxy) is 1. The van der Waals surface area contributed by atoms with Gasteiger partial charge in [0.05, 0.1) is 18.1 Å². The fourth-order valence-corrected chi connectivity index (χ4v) is 4.97. The van der Waals surface area contributed by atoms with Crippen LogP contribution in [0.2, 0.25) is 0 Å². The van der Waals surface area contributed by atoms with E-state index in [1.54, 1.807) is 24.3 Å². The maximum absolute atomic E-state index is 12.8. The Kier molecular flexibility index (Phi) is 3.47. The number of aliphatic carboxylic acids is 1. The molecule has 2 amide bonds. The lowest BCUT2D eigenvalue weighted by Gasteiger charge is -2.37. The minimum absolute atomic E-state index is 0.187. The van der Waals surface area contributed by atoms with Gasteiger partial charge < -0.3 is 9.84 Å². The Morgan fingerprint density at radius 1 is 1.11 bits per heavy atom. The lowest BCUT2D eigenvalue weighted by Crippen LogP contribution is -2.40. The van der Waals surface area contributed by atoms with Crippen LogP contribution in [0.4, 0.5) is 0 Å². The molecular formula is C20H18N2O5. The minimum Gasteiger partial charge on any atom is -0.482 e. The summed E-state index contributed by atoms with van der Waals surface area (Å²) in [5.41, 5.74) is 0.692. The number of carbonyl (C=O) groups is 3. The number of carbonyl (C=O) groups excluding carboxylic acids is 2. The predicted molar refractivity (Wildman–Crippen MR) is 93.7 cm³/mol. The molecule has 0 radical (unpaired) electrons. The molecule has 27 heavy (non-hydrogen) atoms. The highest BCUT2D eigenvalue weighted by atomic mass is 16.5. The summed E-state index contributed by atoms with van der Waals surface area (Å²) >= 11 is 0.